The van der Waals surface area contributed by atoms with Gasteiger partial charge in [-0.15, -0.1) is 0 Å². The number of hydrogen-bond acceptors (Lipinski definition) is 8. The van der Waals surface area contributed by atoms with Gasteiger partial charge in [0.15, 0.2) is 11.6 Å². The molecule has 0 spiro atoms. The Morgan fingerprint density at radius 1 is 1.12 bits per heavy atom. The Bertz CT molecular complexity index is 1280. The number of nitriles is 1. The molecule has 2 saturated heterocycles. The van der Waals surface area contributed by atoms with Gasteiger partial charge in [-0.25, -0.2) is 19.6 Å². The van der Waals surface area contributed by atoms with Crippen LogP contribution in [0.1, 0.15) is 49.5 Å². The predicted molar refractivity (Wildman–Crippen MR) is 123 cm³/mol. The molecule has 9 nitrogen and oxygen atoms in total. The van der Waals surface area contributed by atoms with Gasteiger partial charge in [0.2, 0.25) is 0 Å². The van der Waals surface area contributed by atoms with Gasteiger partial charge in [0.25, 0.3) is 5.56 Å². The van der Waals surface area contributed by atoms with E-state index >= 15 is 0 Å². The number of fused-ring (bicyclic) bond motifs is 1. The zero-order valence-corrected chi connectivity index (χ0v) is 18.3. The quantitative estimate of drug-likeness (QED) is 0.647. The summed E-state index contributed by atoms with van der Waals surface area (Å²) >= 11 is 6.42. The molecule has 5 rings (SSSR count). The van der Waals surface area contributed by atoms with E-state index in [-0.39, 0.29) is 23.0 Å². The molecule has 4 heterocycles. The van der Waals surface area contributed by atoms with Crippen molar-refractivity contribution in [3.8, 4) is 6.07 Å². The van der Waals surface area contributed by atoms with Crippen molar-refractivity contribution in [3.63, 3.8) is 0 Å². The average molecular weight is 451 g/mol. The molecule has 2 fully saturated rings. The summed E-state index contributed by atoms with van der Waals surface area (Å²) in [6.07, 6.45) is 6.20. The summed E-state index contributed by atoms with van der Waals surface area (Å²) in [6.45, 7) is 2.24. The van der Waals surface area contributed by atoms with Crippen molar-refractivity contribution < 1.29 is 0 Å². The van der Waals surface area contributed by atoms with Gasteiger partial charge in [0.05, 0.1) is 22.0 Å². The van der Waals surface area contributed by atoms with Gasteiger partial charge in [0.1, 0.15) is 23.8 Å². The molecule has 2 aliphatic rings. The van der Waals surface area contributed by atoms with Crippen LogP contribution in [0.3, 0.4) is 0 Å². The van der Waals surface area contributed by atoms with E-state index in [2.05, 4.69) is 21.0 Å². The standard InChI is InChI=1S/C22H23ClN8O/c23-15-6-4-7-16-18(15)22(32)31(29-9-2-1-3-10-29)21(28-16)17-8-5-11-30(17)20-14(12-24)19(25)26-13-27-20/h4,6-7,13,17H,1-3,5,8-11H2,(H2,25,26,27)/t17-/m0/s1. The van der Waals surface area contributed by atoms with Crippen LogP contribution in [0.25, 0.3) is 10.9 Å². The van der Waals surface area contributed by atoms with Gasteiger partial charge in [-0.2, -0.15) is 5.26 Å². The van der Waals surface area contributed by atoms with Crippen LogP contribution in [0.5, 0.6) is 0 Å². The normalized spacial score (nSPS) is 18.8. The second-order valence-electron chi connectivity index (χ2n) is 8.16. The maximum absolute atomic E-state index is 13.7. The molecule has 2 N–H and O–H groups in total. The summed E-state index contributed by atoms with van der Waals surface area (Å²) < 4.78 is 1.72. The van der Waals surface area contributed by atoms with E-state index in [0.717, 1.165) is 45.2 Å². The summed E-state index contributed by atoms with van der Waals surface area (Å²) in [5.41, 5.74) is 6.61. The molecule has 0 unspecified atom stereocenters. The first-order valence-electron chi connectivity index (χ1n) is 10.8. The number of nitrogen functional groups attached to an aromatic ring is 1. The van der Waals surface area contributed by atoms with E-state index in [9.17, 15) is 10.1 Å². The SMILES string of the molecule is N#Cc1c(N)ncnc1N1CCC[C@H]1c1nc2cccc(Cl)c2c(=O)n1N1CCCCC1. The van der Waals surface area contributed by atoms with Crippen molar-refractivity contribution >= 4 is 34.1 Å². The Kier molecular flexibility index (Phi) is 5.31. The number of anilines is 2. The number of piperidine rings is 1. The highest BCUT2D eigenvalue weighted by atomic mass is 35.5. The monoisotopic (exact) mass is 450 g/mol. The van der Waals surface area contributed by atoms with Crippen LogP contribution in [0.15, 0.2) is 29.3 Å². The van der Waals surface area contributed by atoms with Gasteiger partial charge >= 0.3 is 0 Å². The van der Waals surface area contributed by atoms with Gasteiger partial charge in [-0.3, -0.25) is 4.79 Å². The van der Waals surface area contributed by atoms with Crippen molar-refractivity contribution in [1.82, 2.24) is 19.6 Å². The summed E-state index contributed by atoms with van der Waals surface area (Å²) in [6, 6.07) is 7.24. The Balaban J connectivity index is 1.72. The summed E-state index contributed by atoms with van der Waals surface area (Å²) in [4.78, 5) is 29.0. The second kappa shape index (κ2) is 8.28. The number of hydrogen-bond donors (Lipinski definition) is 1. The Morgan fingerprint density at radius 2 is 1.94 bits per heavy atom. The van der Waals surface area contributed by atoms with E-state index in [1.807, 2.05) is 11.0 Å². The van der Waals surface area contributed by atoms with Crippen molar-refractivity contribution in [3.05, 3.63) is 51.3 Å². The third kappa shape index (κ3) is 3.31. The molecule has 2 aliphatic heterocycles. The van der Waals surface area contributed by atoms with Crippen LogP contribution in [-0.4, -0.2) is 39.3 Å². The highest BCUT2D eigenvalue weighted by Gasteiger charge is 2.35. The zero-order valence-electron chi connectivity index (χ0n) is 17.5. The van der Waals surface area contributed by atoms with E-state index in [4.69, 9.17) is 22.3 Å². The lowest BCUT2D eigenvalue weighted by Crippen LogP contribution is -2.48. The van der Waals surface area contributed by atoms with E-state index in [0.29, 0.717) is 34.1 Å². The molecule has 0 radical (unpaired) electrons. The molecule has 10 heteroatoms. The molecular weight excluding hydrogens is 428 g/mol. The van der Waals surface area contributed by atoms with Crippen molar-refractivity contribution in [1.29, 1.82) is 5.26 Å². The summed E-state index contributed by atoms with van der Waals surface area (Å²) in [7, 11) is 0. The molecule has 164 valence electrons. The Hall–Kier alpha value is -3.38. The summed E-state index contributed by atoms with van der Waals surface area (Å²) in [5, 5.41) is 12.6. The molecular formula is C22H23ClN8O. The lowest BCUT2D eigenvalue weighted by Gasteiger charge is -2.35. The van der Waals surface area contributed by atoms with Crippen molar-refractivity contribution in [2.75, 3.05) is 35.3 Å². The van der Waals surface area contributed by atoms with Crippen LogP contribution >= 0.6 is 11.6 Å². The number of halogens is 1. The minimum atomic E-state index is -0.227. The fraction of sp³-hybridized carbons (Fsp3) is 0.409. The topological polar surface area (TPSA) is 117 Å². The third-order valence-corrected chi connectivity index (χ3v) is 6.57. The first-order valence-corrected chi connectivity index (χ1v) is 11.2. The molecule has 1 aromatic carbocycles. The molecule has 0 bridgehead atoms. The van der Waals surface area contributed by atoms with Gasteiger partial charge in [0, 0.05) is 19.6 Å². The Labute approximate surface area is 190 Å². The predicted octanol–water partition coefficient (Wildman–Crippen LogP) is 2.76. The minimum absolute atomic E-state index is 0.148. The Morgan fingerprint density at radius 3 is 2.72 bits per heavy atom. The minimum Gasteiger partial charge on any atom is -0.382 e. The maximum Gasteiger partial charge on any atom is 0.281 e. The molecule has 0 amide bonds. The first kappa shape index (κ1) is 20.5. The molecule has 0 aliphatic carbocycles. The highest BCUT2D eigenvalue weighted by Crippen LogP contribution is 2.37. The van der Waals surface area contributed by atoms with Gasteiger partial charge < -0.3 is 15.6 Å². The van der Waals surface area contributed by atoms with Crippen LogP contribution in [0, 0.1) is 11.3 Å². The van der Waals surface area contributed by atoms with Crippen LogP contribution in [0.2, 0.25) is 5.02 Å². The van der Waals surface area contributed by atoms with Crippen LogP contribution < -0.4 is 21.2 Å². The van der Waals surface area contributed by atoms with Crippen LogP contribution in [-0.2, 0) is 0 Å². The smallest absolute Gasteiger partial charge is 0.281 e. The molecule has 32 heavy (non-hydrogen) atoms. The lowest BCUT2D eigenvalue weighted by molar-refractivity contribution is 0.442. The largest absolute Gasteiger partial charge is 0.382 e. The number of nitrogens with two attached hydrogens (primary N) is 1. The summed E-state index contributed by atoms with van der Waals surface area (Å²) in [5.74, 6) is 1.27. The number of aromatic nitrogens is 4. The van der Waals surface area contributed by atoms with E-state index < -0.39 is 0 Å². The second-order valence-corrected chi connectivity index (χ2v) is 8.56. The zero-order chi connectivity index (χ0) is 22.2. The van der Waals surface area contributed by atoms with E-state index in [1.54, 1.807) is 16.8 Å². The van der Waals surface area contributed by atoms with Crippen molar-refractivity contribution in [2.24, 2.45) is 0 Å². The van der Waals surface area contributed by atoms with Gasteiger partial charge in [-0.1, -0.05) is 17.7 Å². The number of benzene rings is 1. The molecule has 0 saturated carbocycles. The molecule has 3 aromatic rings. The maximum atomic E-state index is 13.7. The van der Waals surface area contributed by atoms with Crippen LogP contribution in [0.4, 0.5) is 11.6 Å². The fourth-order valence-corrected chi connectivity index (χ4v) is 5.02. The highest BCUT2D eigenvalue weighted by molar-refractivity contribution is 6.35. The molecule has 2 aromatic heterocycles. The lowest BCUT2D eigenvalue weighted by atomic mass is 10.1. The first-order chi connectivity index (χ1) is 15.6. The van der Waals surface area contributed by atoms with Crippen molar-refractivity contribution in [2.45, 2.75) is 38.1 Å². The van der Waals surface area contributed by atoms with E-state index in [1.165, 1.54) is 6.33 Å². The average Bonchev–Trinajstić information content (AvgIpc) is 3.29. The third-order valence-electron chi connectivity index (χ3n) is 6.26. The van der Waals surface area contributed by atoms with Gasteiger partial charge in [-0.05, 0) is 44.2 Å². The molecule has 1 atom stereocenters. The number of nitrogens with zero attached hydrogens (tertiary/aromatic N) is 7. The fourth-order valence-electron chi connectivity index (χ4n) is 4.77. The number of rotatable bonds is 3.